The van der Waals surface area contributed by atoms with Gasteiger partial charge >= 0.3 is 0 Å². The Bertz CT molecular complexity index is 904. The summed E-state index contributed by atoms with van der Waals surface area (Å²) in [5.74, 6) is -0.319. The van der Waals surface area contributed by atoms with Crippen LogP contribution in [0.5, 0.6) is 0 Å². The van der Waals surface area contributed by atoms with Crippen molar-refractivity contribution in [1.82, 2.24) is 4.98 Å². The van der Waals surface area contributed by atoms with Gasteiger partial charge in [0.25, 0.3) is 5.91 Å². The van der Waals surface area contributed by atoms with Crippen LogP contribution in [-0.4, -0.2) is 23.8 Å². The first kappa shape index (κ1) is 15.7. The van der Waals surface area contributed by atoms with Gasteiger partial charge in [0, 0.05) is 30.7 Å². The van der Waals surface area contributed by atoms with E-state index >= 15 is 0 Å². The Morgan fingerprint density at radius 3 is 2.38 bits per heavy atom. The van der Waals surface area contributed by atoms with Gasteiger partial charge in [-0.25, -0.2) is 4.98 Å². The van der Waals surface area contributed by atoms with Crippen LogP contribution in [0.2, 0.25) is 0 Å². The maximum Gasteiger partial charge on any atom is 0.274 e. The summed E-state index contributed by atoms with van der Waals surface area (Å²) >= 11 is 0. The number of nitrogens with zero attached hydrogens (tertiary/aromatic N) is 2. The summed E-state index contributed by atoms with van der Waals surface area (Å²) in [4.78, 5) is 29.6. The van der Waals surface area contributed by atoms with Crippen molar-refractivity contribution in [3.05, 3.63) is 66.4 Å². The highest BCUT2D eigenvalue weighted by atomic mass is 16.2. The molecule has 0 saturated heterocycles. The van der Waals surface area contributed by atoms with Crippen LogP contribution in [0.15, 0.2) is 60.7 Å². The molecule has 0 aliphatic heterocycles. The number of hydrogen-bond donors (Lipinski definition) is 1. The van der Waals surface area contributed by atoms with Gasteiger partial charge in [-0.15, -0.1) is 0 Å². The molecular formula is C19H17N3O2. The number of nitrogens with one attached hydrogen (secondary N) is 1. The number of fused-ring (bicyclic) bond motifs is 1. The van der Waals surface area contributed by atoms with E-state index in [-0.39, 0.29) is 11.8 Å². The monoisotopic (exact) mass is 319 g/mol. The van der Waals surface area contributed by atoms with Gasteiger partial charge < -0.3 is 10.2 Å². The zero-order chi connectivity index (χ0) is 17.1. The van der Waals surface area contributed by atoms with E-state index in [0.29, 0.717) is 11.4 Å². The fourth-order valence-corrected chi connectivity index (χ4v) is 2.34. The summed E-state index contributed by atoms with van der Waals surface area (Å²) in [6.07, 6.45) is 0. The topological polar surface area (TPSA) is 62.3 Å². The van der Waals surface area contributed by atoms with Crippen molar-refractivity contribution < 1.29 is 9.59 Å². The average molecular weight is 319 g/mol. The molecule has 0 radical (unpaired) electrons. The van der Waals surface area contributed by atoms with Crippen molar-refractivity contribution in [2.75, 3.05) is 17.3 Å². The maximum atomic E-state index is 12.3. The first-order chi connectivity index (χ1) is 11.5. The predicted molar refractivity (Wildman–Crippen MR) is 95.2 cm³/mol. The minimum absolute atomic E-state index is 0.0489. The quantitative estimate of drug-likeness (QED) is 0.804. The third kappa shape index (κ3) is 3.25. The molecule has 0 atom stereocenters. The molecule has 1 N–H and O–H groups in total. The van der Waals surface area contributed by atoms with E-state index < -0.39 is 0 Å². The summed E-state index contributed by atoms with van der Waals surface area (Å²) in [6.45, 7) is 1.50. The predicted octanol–water partition coefficient (Wildman–Crippen LogP) is 3.47. The van der Waals surface area contributed by atoms with Crippen LogP contribution in [0.3, 0.4) is 0 Å². The molecule has 120 valence electrons. The Kier molecular flexibility index (Phi) is 4.24. The zero-order valence-electron chi connectivity index (χ0n) is 13.5. The first-order valence-electron chi connectivity index (χ1n) is 7.56. The fraction of sp³-hybridized carbons (Fsp3) is 0.105. The number of para-hydroxylation sites is 1. The Labute approximate surface area is 139 Å². The molecule has 0 spiro atoms. The zero-order valence-corrected chi connectivity index (χ0v) is 13.5. The third-order valence-electron chi connectivity index (χ3n) is 3.82. The molecule has 3 rings (SSSR count). The number of anilines is 2. The van der Waals surface area contributed by atoms with Gasteiger partial charge in [-0.3, -0.25) is 9.59 Å². The van der Waals surface area contributed by atoms with Gasteiger partial charge in [-0.2, -0.15) is 0 Å². The second kappa shape index (κ2) is 6.50. The Morgan fingerprint density at radius 1 is 0.958 bits per heavy atom. The Balaban J connectivity index is 1.77. The van der Waals surface area contributed by atoms with Gasteiger partial charge in [0.05, 0.1) is 5.52 Å². The second-order valence-electron chi connectivity index (χ2n) is 5.47. The highest BCUT2D eigenvalue weighted by Crippen LogP contribution is 2.18. The molecule has 3 aromatic rings. The normalized spacial score (nSPS) is 10.4. The molecule has 24 heavy (non-hydrogen) atoms. The number of carbonyl (C=O) groups excluding carboxylic acids is 2. The van der Waals surface area contributed by atoms with E-state index in [1.165, 1.54) is 11.8 Å². The minimum atomic E-state index is -0.270. The van der Waals surface area contributed by atoms with E-state index in [9.17, 15) is 9.59 Å². The molecule has 2 amide bonds. The number of carbonyl (C=O) groups is 2. The summed E-state index contributed by atoms with van der Waals surface area (Å²) in [5.41, 5.74) is 2.56. The number of aromatic nitrogens is 1. The Morgan fingerprint density at radius 2 is 1.67 bits per heavy atom. The SMILES string of the molecule is CC(=O)N(C)c1ccc(NC(=O)c2ccc3ccccc3n2)cc1. The molecule has 2 aromatic carbocycles. The van der Waals surface area contributed by atoms with Crippen LogP contribution < -0.4 is 10.2 Å². The van der Waals surface area contributed by atoms with E-state index in [1.807, 2.05) is 30.3 Å². The summed E-state index contributed by atoms with van der Waals surface area (Å²) in [5, 5.41) is 3.80. The summed E-state index contributed by atoms with van der Waals surface area (Å²) in [7, 11) is 1.70. The van der Waals surface area contributed by atoms with Crippen LogP contribution in [-0.2, 0) is 4.79 Å². The number of benzene rings is 2. The van der Waals surface area contributed by atoms with Crippen molar-refractivity contribution in [2.24, 2.45) is 0 Å². The molecule has 1 aromatic heterocycles. The lowest BCUT2D eigenvalue weighted by molar-refractivity contribution is -0.116. The molecule has 0 aliphatic rings. The summed E-state index contributed by atoms with van der Waals surface area (Å²) in [6, 6.07) is 18.3. The van der Waals surface area contributed by atoms with Gasteiger partial charge in [0.1, 0.15) is 5.69 Å². The maximum absolute atomic E-state index is 12.3. The molecule has 5 heteroatoms. The van der Waals surface area contributed by atoms with Crippen LogP contribution >= 0.6 is 0 Å². The number of pyridine rings is 1. The van der Waals surface area contributed by atoms with Crippen molar-refractivity contribution in [3.8, 4) is 0 Å². The van der Waals surface area contributed by atoms with E-state index in [1.54, 1.807) is 37.4 Å². The Hall–Kier alpha value is -3.21. The average Bonchev–Trinajstić information content (AvgIpc) is 2.61. The van der Waals surface area contributed by atoms with Gasteiger partial charge in [0.15, 0.2) is 0 Å². The third-order valence-corrected chi connectivity index (χ3v) is 3.82. The molecule has 0 saturated carbocycles. The lowest BCUT2D eigenvalue weighted by atomic mass is 10.2. The second-order valence-corrected chi connectivity index (χ2v) is 5.47. The highest BCUT2D eigenvalue weighted by molar-refractivity contribution is 6.04. The van der Waals surface area contributed by atoms with E-state index in [2.05, 4.69) is 10.3 Å². The van der Waals surface area contributed by atoms with Crippen LogP contribution in [0, 0.1) is 0 Å². The minimum Gasteiger partial charge on any atom is -0.321 e. The number of rotatable bonds is 3. The number of hydrogen-bond acceptors (Lipinski definition) is 3. The lowest BCUT2D eigenvalue weighted by Crippen LogP contribution is -2.22. The van der Waals surface area contributed by atoms with Crippen LogP contribution in [0.4, 0.5) is 11.4 Å². The fourth-order valence-electron chi connectivity index (χ4n) is 2.34. The molecule has 0 bridgehead atoms. The van der Waals surface area contributed by atoms with Crippen molar-refractivity contribution >= 4 is 34.1 Å². The van der Waals surface area contributed by atoms with Crippen molar-refractivity contribution in [1.29, 1.82) is 0 Å². The van der Waals surface area contributed by atoms with Gasteiger partial charge in [-0.05, 0) is 36.4 Å². The summed E-state index contributed by atoms with van der Waals surface area (Å²) < 4.78 is 0. The molecular weight excluding hydrogens is 302 g/mol. The lowest BCUT2D eigenvalue weighted by Gasteiger charge is -2.15. The van der Waals surface area contributed by atoms with Crippen molar-refractivity contribution in [3.63, 3.8) is 0 Å². The first-order valence-corrected chi connectivity index (χ1v) is 7.56. The standard InChI is InChI=1S/C19H17N3O2/c1-13(23)22(2)16-10-8-15(9-11-16)20-19(24)18-12-7-14-5-3-4-6-17(14)21-18/h3-12H,1-2H3,(H,20,24). The number of amides is 2. The van der Waals surface area contributed by atoms with E-state index in [4.69, 9.17) is 0 Å². The van der Waals surface area contributed by atoms with Gasteiger partial charge in [0.2, 0.25) is 5.91 Å². The van der Waals surface area contributed by atoms with Crippen LogP contribution in [0.25, 0.3) is 10.9 Å². The van der Waals surface area contributed by atoms with E-state index in [0.717, 1.165) is 16.6 Å². The van der Waals surface area contributed by atoms with Gasteiger partial charge in [-0.1, -0.05) is 24.3 Å². The largest absolute Gasteiger partial charge is 0.321 e. The highest BCUT2D eigenvalue weighted by Gasteiger charge is 2.10. The van der Waals surface area contributed by atoms with Crippen LogP contribution in [0.1, 0.15) is 17.4 Å². The molecule has 0 aliphatic carbocycles. The molecule has 0 unspecified atom stereocenters. The smallest absolute Gasteiger partial charge is 0.274 e. The molecule has 1 heterocycles. The molecule has 5 nitrogen and oxygen atoms in total. The molecule has 0 fully saturated rings. The van der Waals surface area contributed by atoms with Crippen molar-refractivity contribution in [2.45, 2.75) is 6.92 Å².